The minimum atomic E-state index is -1.26. The van der Waals surface area contributed by atoms with Crippen LogP contribution in [0.3, 0.4) is 0 Å². The molecule has 0 saturated carbocycles. The molecule has 1 aromatic carbocycles. The van der Waals surface area contributed by atoms with Crippen LogP contribution in [0.1, 0.15) is 21.0 Å². The normalized spacial score (nSPS) is 10.1. The first-order valence-electron chi connectivity index (χ1n) is 4.83. The zero-order valence-corrected chi connectivity index (χ0v) is 8.88. The van der Waals surface area contributed by atoms with Gasteiger partial charge in [-0.1, -0.05) is 0 Å². The summed E-state index contributed by atoms with van der Waals surface area (Å²) in [5.41, 5.74) is -0.391. The Labute approximate surface area is 100 Å². The highest BCUT2D eigenvalue weighted by molar-refractivity contribution is 5.93. The lowest BCUT2D eigenvalue weighted by Gasteiger charge is -2.01. The predicted molar refractivity (Wildman–Crippen MR) is 56.9 cm³/mol. The number of H-pyrrole nitrogens is 1. The van der Waals surface area contributed by atoms with E-state index in [-0.39, 0.29) is 17.1 Å². The molecule has 0 aliphatic carbocycles. The summed E-state index contributed by atoms with van der Waals surface area (Å²) in [6.45, 7) is 0. The third-order valence-corrected chi connectivity index (χ3v) is 2.04. The van der Waals surface area contributed by atoms with Crippen molar-refractivity contribution in [3.8, 4) is 5.75 Å². The minimum Gasteiger partial charge on any atom is -0.476 e. The number of carbonyl (C=O) groups is 2. The number of hydrogen-bond donors (Lipinski definition) is 2. The molecule has 18 heavy (non-hydrogen) atoms. The molecule has 2 N–H and O–H groups in total. The number of halogens is 1. The Hall–Kier alpha value is -2.70. The summed E-state index contributed by atoms with van der Waals surface area (Å²) in [5, 5.41) is 14.3. The molecule has 7 heteroatoms. The van der Waals surface area contributed by atoms with Crippen LogP contribution in [-0.4, -0.2) is 27.2 Å². The largest absolute Gasteiger partial charge is 0.476 e. The molecule has 0 unspecified atom stereocenters. The van der Waals surface area contributed by atoms with Gasteiger partial charge in [0.2, 0.25) is 0 Å². The zero-order valence-electron chi connectivity index (χ0n) is 8.88. The number of nitrogens with zero attached hydrogens (tertiary/aromatic N) is 1. The van der Waals surface area contributed by atoms with Crippen LogP contribution in [0.5, 0.6) is 5.75 Å². The number of nitrogens with one attached hydrogen (secondary N) is 1. The quantitative estimate of drug-likeness (QED) is 0.635. The lowest BCUT2D eigenvalue weighted by molar-refractivity contribution is 0.0689. The van der Waals surface area contributed by atoms with Crippen LogP contribution >= 0.6 is 0 Å². The van der Waals surface area contributed by atoms with Crippen molar-refractivity contribution in [2.45, 2.75) is 0 Å². The molecular formula is C11H7FN2O4. The van der Waals surface area contributed by atoms with E-state index in [4.69, 9.17) is 9.84 Å². The molecule has 2 aromatic rings. The summed E-state index contributed by atoms with van der Waals surface area (Å²) < 4.78 is 17.5. The van der Waals surface area contributed by atoms with Crippen molar-refractivity contribution in [1.29, 1.82) is 0 Å². The first-order chi connectivity index (χ1) is 8.56. The molecule has 0 saturated heterocycles. The van der Waals surface area contributed by atoms with Crippen LogP contribution in [0.15, 0.2) is 30.3 Å². The van der Waals surface area contributed by atoms with Crippen molar-refractivity contribution in [1.82, 2.24) is 10.2 Å². The van der Waals surface area contributed by atoms with Gasteiger partial charge in [-0.25, -0.2) is 14.0 Å². The Bertz CT molecular complexity index is 591. The van der Waals surface area contributed by atoms with Crippen molar-refractivity contribution in [2.75, 3.05) is 0 Å². The number of ether oxygens (including phenoxy) is 1. The molecule has 1 heterocycles. The Morgan fingerprint density at radius 3 is 2.50 bits per heavy atom. The lowest BCUT2D eigenvalue weighted by atomic mass is 10.3. The number of aromatic carboxylic acids is 1. The molecule has 0 aliphatic heterocycles. The summed E-state index contributed by atoms with van der Waals surface area (Å²) in [6, 6.07) is 5.88. The summed E-state index contributed by atoms with van der Waals surface area (Å²) in [6.07, 6.45) is 0. The summed E-state index contributed by atoms with van der Waals surface area (Å²) in [5.74, 6) is -2.37. The van der Waals surface area contributed by atoms with Gasteiger partial charge < -0.3 is 9.84 Å². The molecule has 0 atom stereocenters. The van der Waals surface area contributed by atoms with Crippen LogP contribution in [-0.2, 0) is 0 Å². The van der Waals surface area contributed by atoms with E-state index in [1.807, 2.05) is 0 Å². The van der Waals surface area contributed by atoms with Crippen LogP contribution in [0.4, 0.5) is 4.39 Å². The van der Waals surface area contributed by atoms with Gasteiger partial charge in [0.25, 0.3) is 0 Å². The Kier molecular flexibility index (Phi) is 3.05. The van der Waals surface area contributed by atoms with Crippen LogP contribution in [0, 0.1) is 5.82 Å². The fraction of sp³-hybridized carbons (Fsp3) is 0. The summed E-state index contributed by atoms with van der Waals surface area (Å²) in [7, 11) is 0. The summed E-state index contributed by atoms with van der Waals surface area (Å²) >= 11 is 0. The number of carboxylic acids is 1. The van der Waals surface area contributed by atoms with E-state index in [2.05, 4.69) is 10.2 Å². The van der Waals surface area contributed by atoms with Gasteiger partial charge in [-0.2, -0.15) is 5.10 Å². The van der Waals surface area contributed by atoms with Crippen LogP contribution in [0.2, 0.25) is 0 Å². The molecule has 0 radical (unpaired) electrons. The van der Waals surface area contributed by atoms with E-state index in [1.54, 1.807) is 0 Å². The van der Waals surface area contributed by atoms with Gasteiger partial charge in [-0.3, -0.25) is 5.10 Å². The lowest BCUT2D eigenvalue weighted by Crippen LogP contribution is -2.08. The maximum absolute atomic E-state index is 12.6. The minimum absolute atomic E-state index is 0.100. The molecule has 92 valence electrons. The number of carbonyl (C=O) groups excluding carboxylic acids is 1. The van der Waals surface area contributed by atoms with Gasteiger partial charge in [-0.15, -0.1) is 0 Å². The molecule has 2 rings (SSSR count). The fourth-order valence-electron chi connectivity index (χ4n) is 1.20. The second-order valence-corrected chi connectivity index (χ2v) is 3.32. The monoisotopic (exact) mass is 250 g/mol. The molecule has 6 nitrogen and oxygen atoms in total. The molecule has 0 fully saturated rings. The molecule has 1 aromatic heterocycles. The highest BCUT2D eigenvalue weighted by Crippen LogP contribution is 2.13. The predicted octanol–water partition coefficient (Wildman–Crippen LogP) is 1.47. The van der Waals surface area contributed by atoms with E-state index < -0.39 is 17.8 Å². The first-order valence-corrected chi connectivity index (χ1v) is 4.83. The third-order valence-electron chi connectivity index (χ3n) is 2.04. The Morgan fingerprint density at radius 1 is 1.28 bits per heavy atom. The number of carboxylic acid groups (broad SMARTS) is 1. The van der Waals surface area contributed by atoms with Crippen LogP contribution in [0.25, 0.3) is 0 Å². The van der Waals surface area contributed by atoms with Gasteiger partial charge in [0.15, 0.2) is 5.69 Å². The van der Waals surface area contributed by atoms with Crippen molar-refractivity contribution < 1.29 is 23.8 Å². The van der Waals surface area contributed by atoms with E-state index >= 15 is 0 Å². The average molecular weight is 250 g/mol. The van der Waals surface area contributed by atoms with Crippen molar-refractivity contribution in [3.05, 3.63) is 47.5 Å². The van der Waals surface area contributed by atoms with Crippen LogP contribution < -0.4 is 4.74 Å². The molecular weight excluding hydrogens is 243 g/mol. The standard InChI is InChI=1S/C11H7FN2O4/c12-6-1-3-7(4-2-6)18-11(17)9-5-8(10(15)16)13-14-9/h1-5H,(H,13,14)(H,15,16). The van der Waals surface area contributed by atoms with Gasteiger partial charge >= 0.3 is 11.9 Å². The SMILES string of the molecule is O=C(O)c1cc(C(=O)Oc2ccc(F)cc2)[nH]n1. The van der Waals surface area contributed by atoms with Gasteiger partial charge in [-0.05, 0) is 24.3 Å². The smallest absolute Gasteiger partial charge is 0.361 e. The molecule has 0 bridgehead atoms. The topological polar surface area (TPSA) is 92.3 Å². The van der Waals surface area contributed by atoms with E-state index in [1.165, 1.54) is 12.1 Å². The zero-order chi connectivity index (χ0) is 13.1. The van der Waals surface area contributed by atoms with Crippen molar-refractivity contribution in [2.24, 2.45) is 0 Å². The molecule has 0 amide bonds. The summed E-state index contributed by atoms with van der Waals surface area (Å²) in [4.78, 5) is 22.1. The Morgan fingerprint density at radius 2 is 1.94 bits per heavy atom. The van der Waals surface area contributed by atoms with Gasteiger partial charge in [0, 0.05) is 6.07 Å². The van der Waals surface area contributed by atoms with E-state index in [9.17, 15) is 14.0 Å². The number of esters is 1. The van der Waals surface area contributed by atoms with E-state index in [0.717, 1.165) is 18.2 Å². The third kappa shape index (κ3) is 2.51. The highest BCUT2D eigenvalue weighted by Gasteiger charge is 2.15. The van der Waals surface area contributed by atoms with Crippen molar-refractivity contribution in [3.63, 3.8) is 0 Å². The number of aromatic nitrogens is 2. The van der Waals surface area contributed by atoms with Gasteiger partial charge in [0.05, 0.1) is 0 Å². The second-order valence-electron chi connectivity index (χ2n) is 3.32. The second kappa shape index (κ2) is 4.66. The maximum atomic E-state index is 12.6. The van der Waals surface area contributed by atoms with E-state index in [0.29, 0.717) is 0 Å². The first kappa shape index (κ1) is 11.8. The number of rotatable bonds is 3. The molecule has 0 aliphatic rings. The van der Waals surface area contributed by atoms with Crippen molar-refractivity contribution >= 4 is 11.9 Å². The number of benzene rings is 1. The molecule has 0 spiro atoms. The fourth-order valence-corrected chi connectivity index (χ4v) is 1.20. The number of aromatic amines is 1. The maximum Gasteiger partial charge on any atom is 0.361 e. The highest BCUT2D eigenvalue weighted by atomic mass is 19.1. The number of hydrogen-bond acceptors (Lipinski definition) is 4. The average Bonchev–Trinajstić information content (AvgIpc) is 2.81. The van der Waals surface area contributed by atoms with Gasteiger partial charge in [0.1, 0.15) is 17.3 Å². The Balaban J connectivity index is 2.11.